The van der Waals surface area contributed by atoms with E-state index in [1.54, 1.807) is 0 Å². The Kier molecular flexibility index (Phi) is 7.19. The molecule has 0 spiro atoms. The summed E-state index contributed by atoms with van der Waals surface area (Å²) in [5.41, 5.74) is -11.6. The molecule has 56 heavy (non-hydrogen) atoms. The lowest BCUT2D eigenvalue weighted by Crippen LogP contribution is -2.23. The Morgan fingerprint density at radius 3 is 1.25 bits per heavy atom. The maximum atomic E-state index is 15.1. The van der Waals surface area contributed by atoms with Gasteiger partial charge in [0.15, 0.2) is 34.6 Å². The summed E-state index contributed by atoms with van der Waals surface area (Å²) in [4.78, 5) is 27.7. The van der Waals surface area contributed by atoms with Crippen molar-refractivity contribution in [1.29, 1.82) is 0 Å². The SMILES string of the molecule is FC(F)(F)c1cc2c3nc4nc(nc5c6ccccc6c(nc6nc(nc([nH]3)c2c(C(F)(F)F)c1C(F)(F)F)-c1ccccc1-6)n5C(F)(F)F)-c1ccccc1-4. The average Bonchev–Trinajstić information content (AvgIpc) is 3.84. The van der Waals surface area contributed by atoms with Crippen LogP contribution in [-0.4, -0.2) is 39.5 Å². The Hall–Kier alpha value is -6.60. The van der Waals surface area contributed by atoms with Gasteiger partial charge in [-0.05, 0) is 6.07 Å². The van der Waals surface area contributed by atoms with E-state index in [4.69, 9.17) is 0 Å². The molecule has 0 amide bonds. The molecule has 5 heterocycles. The molecule has 1 N–H and O–H groups in total. The first-order valence-corrected chi connectivity index (χ1v) is 15.9. The number of alkyl halides is 12. The predicted molar refractivity (Wildman–Crippen MR) is 176 cm³/mol. The Bertz CT molecular complexity index is 2990. The fourth-order valence-electron chi connectivity index (χ4n) is 6.95. The second-order valence-corrected chi connectivity index (χ2v) is 12.5. The maximum Gasteiger partial charge on any atom is 0.491 e. The van der Waals surface area contributed by atoms with Crippen molar-refractivity contribution >= 4 is 44.1 Å². The molecule has 0 radical (unpaired) electrons. The molecule has 7 aromatic rings. The van der Waals surface area contributed by atoms with Gasteiger partial charge in [-0.25, -0.2) is 34.5 Å². The van der Waals surface area contributed by atoms with Crippen LogP contribution in [0.2, 0.25) is 0 Å². The number of hydrogen-bond donors (Lipinski definition) is 1. The summed E-state index contributed by atoms with van der Waals surface area (Å²) in [6, 6.07) is 16.7. The molecule has 3 aromatic heterocycles. The van der Waals surface area contributed by atoms with Gasteiger partial charge in [0.25, 0.3) is 0 Å². The molecule has 2 aliphatic heterocycles. The number of nitrogens with one attached hydrogen (secondary N) is 1. The van der Waals surface area contributed by atoms with Crippen LogP contribution in [0.1, 0.15) is 16.7 Å². The number of aromatic amines is 1. The average molecular weight is 787 g/mol. The summed E-state index contributed by atoms with van der Waals surface area (Å²) < 4.78 is 176. The zero-order chi connectivity index (χ0) is 39.7. The smallest absolute Gasteiger partial charge is 0.324 e. The van der Waals surface area contributed by atoms with Crippen LogP contribution >= 0.6 is 0 Å². The van der Waals surface area contributed by atoms with E-state index in [9.17, 15) is 39.5 Å². The number of fused-ring (bicyclic) bond motifs is 20. The molecular weight excluding hydrogens is 772 g/mol. The first-order chi connectivity index (χ1) is 26.3. The molecule has 0 aliphatic carbocycles. The Labute approximate surface area is 302 Å². The Morgan fingerprint density at radius 1 is 0.429 bits per heavy atom. The number of benzene rings is 4. The van der Waals surface area contributed by atoms with Crippen LogP contribution in [-0.2, 0) is 24.8 Å². The molecule has 0 saturated carbocycles. The molecular formula is C36H14F12N8. The highest BCUT2D eigenvalue weighted by Crippen LogP contribution is 2.51. The van der Waals surface area contributed by atoms with Crippen molar-refractivity contribution < 1.29 is 52.7 Å². The third-order valence-corrected chi connectivity index (χ3v) is 9.11. The number of rotatable bonds is 0. The number of nitrogens with zero attached hydrogens (tertiary/aromatic N) is 7. The number of aromatic nitrogens is 8. The van der Waals surface area contributed by atoms with Crippen molar-refractivity contribution in [2.75, 3.05) is 0 Å². The number of H-pyrrole nitrogens is 1. The molecule has 8 nitrogen and oxygen atoms in total. The van der Waals surface area contributed by atoms with E-state index < -0.39 is 98.2 Å². The zero-order valence-electron chi connectivity index (χ0n) is 27.2. The van der Waals surface area contributed by atoms with Crippen molar-refractivity contribution in [2.24, 2.45) is 0 Å². The summed E-state index contributed by atoms with van der Waals surface area (Å²) in [6.07, 6.45) is -23.4. The molecule has 8 bridgehead atoms. The van der Waals surface area contributed by atoms with Gasteiger partial charge < -0.3 is 4.98 Å². The first kappa shape index (κ1) is 35.1. The second kappa shape index (κ2) is 11.5. The molecule has 0 saturated heterocycles. The molecule has 0 unspecified atom stereocenters. The highest BCUT2D eigenvalue weighted by atomic mass is 19.4. The highest BCUT2D eigenvalue weighted by Gasteiger charge is 2.52. The summed E-state index contributed by atoms with van der Waals surface area (Å²) in [5.74, 6) is -1.82. The van der Waals surface area contributed by atoms with Gasteiger partial charge in [-0.2, -0.15) is 39.5 Å². The third-order valence-electron chi connectivity index (χ3n) is 9.11. The van der Waals surface area contributed by atoms with E-state index in [1.165, 1.54) is 72.8 Å². The standard InChI is InChI=1S/C36H14F12N8/c37-33(38,39)21-13-20-22(24(35(43,44)45)23(21)34(40,41)42)30-52-26-15-8-2-4-10-17(15)28(50-26)55-32-19-12-6-5-11-18(19)31(56(32)36(46,47)48)54-27-16-9-3-1-7-14(16)25(49-27)51-29(20)53-30/h1-13H,(H,49,50,51,52,53,54,55). The molecule has 20 heteroatoms. The van der Waals surface area contributed by atoms with E-state index >= 15 is 13.2 Å². The van der Waals surface area contributed by atoms with Gasteiger partial charge >= 0.3 is 24.8 Å². The number of hydrogen-bond acceptors (Lipinski definition) is 6. The molecule has 282 valence electrons. The zero-order valence-corrected chi connectivity index (χ0v) is 27.2. The highest BCUT2D eigenvalue weighted by molar-refractivity contribution is 6.09. The summed E-state index contributed by atoms with van der Waals surface area (Å²) in [6.45, 7) is 0. The van der Waals surface area contributed by atoms with E-state index in [0.717, 1.165) is 0 Å². The van der Waals surface area contributed by atoms with Crippen molar-refractivity contribution in [3.8, 4) is 45.6 Å². The van der Waals surface area contributed by atoms with Crippen LogP contribution in [0.25, 0.3) is 89.7 Å². The Morgan fingerprint density at radius 2 is 0.839 bits per heavy atom. The molecule has 9 rings (SSSR count). The topological polar surface area (TPSA) is 98.1 Å². The molecule has 0 fully saturated rings. The normalized spacial score (nSPS) is 13.4. The fraction of sp³-hybridized carbons (Fsp3) is 0.111. The minimum atomic E-state index is -6.18. The van der Waals surface area contributed by atoms with E-state index in [-0.39, 0.29) is 43.7 Å². The molecule has 0 atom stereocenters. The largest absolute Gasteiger partial charge is 0.491 e. The van der Waals surface area contributed by atoms with Crippen LogP contribution < -0.4 is 0 Å². The number of halogens is 12. The van der Waals surface area contributed by atoms with Gasteiger partial charge in [0.2, 0.25) is 0 Å². The van der Waals surface area contributed by atoms with Crippen molar-refractivity contribution in [3.05, 3.63) is 95.6 Å². The van der Waals surface area contributed by atoms with Crippen LogP contribution in [0.5, 0.6) is 0 Å². The van der Waals surface area contributed by atoms with Gasteiger partial charge in [0.05, 0.1) is 16.7 Å². The van der Waals surface area contributed by atoms with Crippen molar-refractivity contribution in [1.82, 2.24) is 39.5 Å². The van der Waals surface area contributed by atoms with Crippen LogP contribution in [0.4, 0.5) is 52.7 Å². The van der Waals surface area contributed by atoms with Crippen molar-refractivity contribution in [2.45, 2.75) is 24.8 Å². The quantitative estimate of drug-likeness (QED) is 0.154. The minimum Gasteiger partial charge on any atom is -0.324 e. The van der Waals surface area contributed by atoms with Crippen molar-refractivity contribution in [3.63, 3.8) is 0 Å². The lowest BCUT2D eigenvalue weighted by atomic mass is 9.94. The minimum absolute atomic E-state index is 0.0214. The monoisotopic (exact) mass is 786 g/mol. The van der Waals surface area contributed by atoms with E-state index in [0.29, 0.717) is 0 Å². The van der Waals surface area contributed by atoms with E-state index in [1.807, 2.05) is 0 Å². The molecule has 4 aromatic carbocycles. The summed E-state index contributed by atoms with van der Waals surface area (Å²) in [7, 11) is 0. The van der Waals surface area contributed by atoms with Gasteiger partial charge in [0, 0.05) is 43.8 Å². The maximum absolute atomic E-state index is 15.1. The summed E-state index contributed by atoms with van der Waals surface area (Å²) >= 11 is 0. The van der Waals surface area contributed by atoms with Gasteiger partial charge in [-0.1, -0.05) is 72.8 Å². The predicted octanol–water partition coefficient (Wildman–Crippen LogP) is 10.9. The van der Waals surface area contributed by atoms with Crippen LogP contribution in [0.3, 0.4) is 0 Å². The van der Waals surface area contributed by atoms with Gasteiger partial charge in [0.1, 0.15) is 11.3 Å². The lowest BCUT2D eigenvalue weighted by Gasteiger charge is -2.21. The van der Waals surface area contributed by atoms with E-state index in [2.05, 4.69) is 34.9 Å². The summed E-state index contributed by atoms with van der Waals surface area (Å²) in [5, 5.41) is -2.59. The third kappa shape index (κ3) is 5.33. The second-order valence-electron chi connectivity index (χ2n) is 12.5. The van der Waals surface area contributed by atoms with Gasteiger partial charge in [-0.15, -0.1) is 13.2 Å². The fourth-order valence-corrected chi connectivity index (χ4v) is 6.95. The Balaban J connectivity index is 1.59. The molecule has 2 aliphatic rings. The van der Waals surface area contributed by atoms with Gasteiger partial charge in [-0.3, -0.25) is 0 Å². The first-order valence-electron chi connectivity index (χ1n) is 15.9. The van der Waals surface area contributed by atoms with Crippen LogP contribution in [0.15, 0.2) is 78.9 Å². The lowest BCUT2D eigenvalue weighted by molar-refractivity contribution is -0.198. The van der Waals surface area contributed by atoms with Crippen LogP contribution in [0, 0.1) is 0 Å².